The summed E-state index contributed by atoms with van der Waals surface area (Å²) in [6, 6.07) is 51.3. The van der Waals surface area contributed by atoms with Gasteiger partial charge in [0.25, 0.3) is 0 Å². The minimum absolute atomic E-state index is 0.638. The van der Waals surface area contributed by atoms with E-state index in [2.05, 4.69) is 143 Å². The topological polar surface area (TPSA) is 44.9 Å². The molecule has 1 aliphatic rings. The van der Waals surface area contributed by atoms with Crippen LogP contribution >= 0.6 is 0 Å². The van der Waals surface area contributed by atoms with Crippen LogP contribution in [0.3, 0.4) is 0 Å². The molecule has 11 rings (SSSR count). The van der Waals surface area contributed by atoms with Gasteiger partial charge in [0.2, 0.25) is 5.95 Å². The zero-order valence-electron chi connectivity index (χ0n) is 25.1. The molecule has 0 N–H and O–H groups in total. The van der Waals surface area contributed by atoms with Gasteiger partial charge in [-0.15, -0.1) is 0 Å². The fraction of sp³-hybridized carbons (Fsp3) is 0. The van der Waals surface area contributed by atoms with Gasteiger partial charge in [-0.1, -0.05) is 84.9 Å². The number of benzene rings is 7. The summed E-state index contributed by atoms with van der Waals surface area (Å²) < 4.78 is 11.1. The summed E-state index contributed by atoms with van der Waals surface area (Å²) in [6.07, 6.45) is 0. The summed E-state index contributed by atoms with van der Waals surface area (Å²) in [5.74, 6) is 2.23. The van der Waals surface area contributed by atoms with Crippen molar-refractivity contribution in [2.45, 2.75) is 0 Å². The molecule has 0 fully saturated rings. The molecule has 0 saturated heterocycles. The maximum absolute atomic E-state index is 6.47. The van der Waals surface area contributed by atoms with Crippen LogP contribution in [0.5, 0.6) is 11.5 Å². The maximum atomic E-state index is 6.47. The maximum Gasteiger partial charge on any atom is 0.235 e. The molecule has 0 unspecified atom stereocenters. The lowest BCUT2D eigenvalue weighted by atomic mass is 9.98. The number of ether oxygens (including phenoxy) is 1. The summed E-state index contributed by atoms with van der Waals surface area (Å²) >= 11 is 0. The lowest BCUT2D eigenvalue weighted by Gasteiger charge is -2.21. The van der Waals surface area contributed by atoms with Crippen molar-refractivity contribution in [3.63, 3.8) is 0 Å². The van der Waals surface area contributed by atoms with E-state index in [4.69, 9.17) is 14.7 Å². The SMILES string of the molecule is c1ccc(-n2c3ccccc3c3cc4c5ccccc5n(-c5nc6c7c(cccc7n5)Oc5cc7ccccc7cc5-6)c4cc32)cc1. The van der Waals surface area contributed by atoms with Gasteiger partial charge >= 0.3 is 0 Å². The van der Waals surface area contributed by atoms with E-state index in [0.29, 0.717) is 5.95 Å². The highest BCUT2D eigenvalue weighted by Gasteiger charge is 2.26. The molecule has 0 saturated carbocycles. The van der Waals surface area contributed by atoms with E-state index < -0.39 is 0 Å². The number of para-hydroxylation sites is 3. The van der Waals surface area contributed by atoms with Gasteiger partial charge in [0.1, 0.15) is 11.5 Å². The van der Waals surface area contributed by atoms with Crippen LogP contribution in [-0.2, 0) is 0 Å². The summed E-state index contributed by atoms with van der Waals surface area (Å²) in [7, 11) is 0. The first-order valence-electron chi connectivity index (χ1n) is 15.8. The van der Waals surface area contributed by atoms with E-state index in [9.17, 15) is 0 Å². The predicted molar refractivity (Wildman–Crippen MR) is 191 cm³/mol. The fourth-order valence-corrected chi connectivity index (χ4v) is 7.63. The molecule has 0 aliphatic carbocycles. The quantitative estimate of drug-likeness (QED) is 0.198. The van der Waals surface area contributed by atoms with E-state index in [0.717, 1.165) is 66.7 Å². The van der Waals surface area contributed by atoms with Crippen LogP contribution in [-0.4, -0.2) is 19.1 Å². The van der Waals surface area contributed by atoms with E-state index in [1.807, 2.05) is 12.1 Å². The lowest BCUT2D eigenvalue weighted by molar-refractivity contribution is 0.487. The standard InChI is InChI=1S/C42H24N4O/c1-2-13-27(14-3-1)45-34-18-8-6-15-28(34)30-23-31-29-16-7-9-19-35(29)46(37(31)24-36(30)45)42-43-33-17-10-20-38-40(33)41(44-42)32-21-25-11-4-5-12-26(25)22-39(32)47-38/h1-24H. The average Bonchev–Trinajstić information content (AvgIpc) is 3.62. The molecule has 0 bridgehead atoms. The molecule has 0 amide bonds. The Morgan fingerprint density at radius 2 is 1.11 bits per heavy atom. The molecular formula is C42H24N4O. The number of hydrogen-bond acceptors (Lipinski definition) is 3. The molecule has 47 heavy (non-hydrogen) atoms. The summed E-state index contributed by atoms with van der Waals surface area (Å²) in [5, 5.41) is 8.01. The molecule has 0 spiro atoms. The highest BCUT2D eigenvalue weighted by Crippen LogP contribution is 2.47. The average molecular weight is 601 g/mol. The molecule has 0 atom stereocenters. The number of rotatable bonds is 2. The first-order valence-corrected chi connectivity index (χ1v) is 15.8. The number of hydrogen-bond donors (Lipinski definition) is 0. The number of nitrogens with zero attached hydrogens (tertiary/aromatic N) is 4. The van der Waals surface area contributed by atoms with Crippen molar-refractivity contribution in [1.82, 2.24) is 19.1 Å². The monoisotopic (exact) mass is 600 g/mol. The van der Waals surface area contributed by atoms with Gasteiger partial charge in [0.15, 0.2) is 0 Å². The smallest absolute Gasteiger partial charge is 0.235 e. The van der Waals surface area contributed by atoms with Gasteiger partial charge in [-0.3, -0.25) is 4.57 Å². The first kappa shape index (κ1) is 24.8. The predicted octanol–water partition coefficient (Wildman–Crippen LogP) is 10.7. The minimum Gasteiger partial charge on any atom is -0.456 e. The molecule has 0 radical (unpaired) electrons. The van der Waals surface area contributed by atoms with Crippen molar-refractivity contribution in [2.24, 2.45) is 0 Å². The Balaban J connectivity index is 1.27. The number of fused-ring (bicyclic) bond motifs is 9. The molecule has 7 aromatic carbocycles. The van der Waals surface area contributed by atoms with Gasteiger partial charge < -0.3 is 9.30 Å². The third kappa shape index (κ3) is 3.37. The van der Waals surface area contributed by atoms with Crippen molar-refractivity contribution in [3.8, 4) is 34.4 Å². The van der Waals surface area contributed by atoms with Crippen molar-refractivity contribution in [2.75, 3.05) is 0 Å². The van der Waals surface area contributed by atoms with Gasteiger partial charge in [-0.2, -0.15) is 0 Å². The zero-order valence-corrected chi connectivity index (χ0v) is 25.1. The van der Waals surface area contributed by atoms with Gasteiger partial charge in [0, 0.05) is 32.8 Å². The van der Waals surface area contributed by atoms with Crippen LogP contribution in [0.4, 0.5) is 0 Å². The second kappa shape index (κ2) is 9.05. The number of aromatic nitrogens is 4. The van der Waals surface area contributed by atoms with Crippen molar-refractivity contribution in [3.05, 3.63) is 146 Å². The third-order valence-electron chi connectivity index (χ3n) is 9.68. The molecule has 5 nitrogen and oxygen atoms in total. The van der Waals surface area contributed by atoms with Crippen molar-refractivity contribution in [1.29, 1.82) is 0 Å². The van der Waals surface area contributed by atoms with Crippen LogP contribution in [0, 0.1) is 0 Å². The second-order valence-corrected chi connectivity index (χ2v) is 12.2. The van der Waals surface area contributed by atoms with E-state index in [1.54, 1.807) is 0 Å². The Kier molecular flexibility index (Phi) is 4.78. The van der Waals surface area contributed by atoms with Gasteiger partial charge in [-0.25, -0.2) is 9.97 Å². The molecule has 5 heteroatoms. The summed E-state index contributed by atoms with van der Waals surface area (Å²) in [4.78, 5) is 10.6. The third-order valence-corrected chi connectivity index (χ3v) is 9.68. The van der Waals surface area contributed by atoms with Crippen LogP contribution in [0.2, 0.25) is 0 Å². The molecular weight excluding hydrogens is 576 g/mol. The van der Waals surface area contributed by atoms with Crippen LogP contribution < -0.4 is 4.74 Å². The molecule has 3 aromatic heterocycles. The van der Waals surface area contributed by atoms with Gasteiger partial charge in [-0.05, 0) is 71.4 Å². The fourth-order valence-electron chi connectivity index (χ4n) is 7.63. The van der Waals surface area contributed by atoms with Crippen molar-refractivity contribution >= 4 is 65.3 Å². The molecule has 10 aromatic rings. The normalized spacial score (nSPS) is 12.4. The van der Waals surface area contributed by atoms with Crippen LogP contribution in [0.1, 0.15) is 0 Å². The Hall–Kier alpha value is -6.46. The summed E-state index contributed by atoms with van der Waals surface area (Å²) in [5.41, 5.74) is 8.30. The zero-order chi connectivity index (χ0) is 30.6. The lowest BCUT2D eigenvalue weighted by Crippen LogP contribution is -2.06. The Morgan fingerprint density at radius 1 is 0.447 bits per heavy atom. The van der Waals surface area contributed by atoms with E-state index in [1.165, 1.54) is 27.1 Å². The van der Waals surface area contributed by atoms with E-state index >= 15 is 0 Å². The largest absolute Gasteiger partial charge is 0.456 e. The van der Waals surface area contributed by atoms with E-state index in [-0.39, 0.29) is 0 Å². The highest BCUT2D eigenvalue weighted by atomic mass is 16.5. The minimum atomic E-state index is 0.638. The molecule has 1 aliphatic heterocycles. The highest BCUT2D eigenvalue weighted by molar-refractivity contribution is 6.19. The second-order valence-electron chi connectivity index (χ2n) is 12.2. The Morgan fingerprint density at radius 3 is 1.89 bits per heavy atom. The summed E-state index contributed by atoms with van der Waals surface area (Å²) in [6.45, 7) is 0. The molecule has 4 heterocycles. The molecule has 218 valence electrons. The Labute approximate surface area is 268 Å². The first-order chi connectivity index (χ1) is 23.3. The van der Waals surface area contributed by atoms with Crippen LogP contribution in [0.25, 0.3) is 88.2 Å². The van der Waals surface area contributed by atoms with Crippen molar-refractivity contribution < 1.29 is 4.74 Å². The van der Waals surface area contributed by atoms with Crippen LogP contribution in [0.15, 0.2) is 146 Å². The Bertz CT molecular complexity index is 2940. The van der Waals surface area contributed by atoms with Gasteiger partial charge in [0.05, 0.1) is 38.7 Å².